The molecule has 20 heavy (non-hydrogen) atoms. The molecule has 0 amide bonds. The Hall–Kier alpha value is -0.860. The highest BCUT2D eigenvalue weighted by molar-refractivity contribution is 7.12. The van der Waals surface area contributed by atoms with Crippen molar-refractivity contribution in [2.24, 2.45) is 5.73 Å². The first-order chi connectivity index (χ1) is 9.76. The molecule has 4 heteroatoms. The quantitative estimate of drug-likeness (QED) is 0.842. The molecule has 2 saturated heterocycles. The molecule has 3 rings (SSSR count). The van der Waals surface area contributed by atoms with Gasteiger partial charge in [-0.1, -0.05) is 11.8 Å². The zero-order valence-corrected chi connectivity index (χ0v) is 13.0. The maximum atomic E-state index is 5.42. The molecule has 2 bridgehead atoms. The van der Waals surface area contributed by atoms with Crippen molar-refractivity contribution in [1.82, 2.24) is 9.80 Å². The number of hydrogen-bond acceptors (Lipinski definition) is 4. The van der Waals surface area contributed by atoms with E-state index in [2.05, 4.69) is 40.8 Å². The molecule has 2 fully saturated rings. The molecular weight excluding hydrogens is 266 g/mol. The van der Waals surface area contributed by atoms with Gasteiger partial charge in [-0.25, -0.2) is 0 Å². The van der Waals surface area contributed by atoms with E-state index in [9.17, 15) is 0 Å². The highest BCUT2D eigenvalue weighted by Crippen LogP contribution is 2.29. The fourth-order valence-corrected chi connectivity index (χ4v) is 4.34. The van der Waals surface area contributed by atoms with Crippen LogP contribution in [0, 0.1) is 11.8 Å². The number of likely N-dealkylation sites (N-methyl/N-ethyl adjacent to an activating group) is 1. The van der Waals surface area contributed by atoms with Crippen molar-refractivity contribution in [2.75, 3.05) is 26.7 Å². The molecule has 1 aromatic rings. The van der Waals surface area contributed by atoms with Crippen molar-refractivity contribution in [3.05, 3.63) is 21.9 Å². The maximum absolute atomic E-state index is 5.42. The lowest BCUT2D eigenvalue weighted by Crippen LogP contribution is -2.36. The third kappa shape index (κ3) is 3.07. The standard InChI is InChI=1S/C16H23N3S/c1-18-13-4-5-14(18)11-19(10-8-13)12-16-7-6-15(20-16)3-2-9-17/h6-7,13-14H,4-5,8-12,17H2,1H3. The van der Waals surface area contributed by atoms with Crippen molar-refractivity contribution in [2.45, 2.75) is 37.9 Å². The molecule has 2 aliphatic rings. The molecule has 2 atom stereocenters. The minimum absolute atomic E-state index is 0.439. The SMILES string of the molecule is CN1C2CCC1CN(Cc1ccc(C#CCN)s1)CC2. The first-order valence-corrected chi connectivity index (χ1v) is 8.30. The number of nitrogens with two attached hydrogens (primary N) is 1. The van der Waals surface area contributed by atoms with Crippen LogP contribution in [0.1, 0.15) is 29.0 Å². The van der Waals surface area contributed by atoms with Gasteiger partial charge in [0, 0.05) is 36.6 Å². The minimum atomic E-state index is 0.439. The first kappa shape index (κ1) is 14.1. The van der Waals surface area contributed by atoms with Gasteiger partial charge in [-0.2, -0.15) is 0 Å². The van der Waals surface area contributed by atoms with E-state index in [1.807, 2.05) is 11.3 Å². The van der Waals surface area contributed by atoms with E-state index in [4.69, 9.17) is 5.73 Å². The lowest BCUT2D eigenvalue weighted by molar-refractivity contribution is 0.215. The second-order valence-electron chi connectivity index (χ2n) is 5.85. The van der Waals surface area contributed by atoms with Crippen LogP contribution >= 0.6 is 11.3 Å². The molecule has 108 valence electrons. The van der Waals surface area contributed by atoms with Crippen molar-refractivity contribution >= 4 is 11.3 Å². The Morgan fingerprint density at radius 2 is 2.15 bits per heavy atom. The predicted molar refractivity (Wildman–Crippen MR) is 84.7 cm³/mol. The molecule has 2 N–H and O–H groups in total. The van der Waals surface area contributed by atoms with Crippen LogP contribution in [0.15, 0.2) is 12.1 Å². The molecule has 0 saturated carbocycles. The third-order valence-corrected chi connectivity index (χ3v) is 5.57. The fourth-order valence-electron chi connectivity index (χ4n) is 3.41. The van der Waals surface area contributed by atoms with E-state index in [0.29, 0.717) is 6.54 Å². The second-order valence-corrected chi connectivity index (χ2v) is 7.01. The van der Waals surface area contributed by atoms with Crippen molar-refractivity contribution in [1.29, 1.82) is 0 Å². The molecule has 0 aromatic carbocycles. The predicted octanol–water partition coefficient (Wildman–Crippen LogP) is 1.73. The van der Waals surface area contributed by atoms with Gasteiger partial charge in [0.2, 0.25) is 0 Å². The van der Waals surface area contributed by atoms with Crippen molar-refractivity contribution < 1.29 is 0 Å². The smallest absolute Gasteiger partial charge is 0.0772 e. The van der Waals surface area contributed by atoms with Crippen molar-refractivity contribution in [3.63, 3.8) is 0 Å². The Morgan fingerprint density at radius 1 is 1.30 bits per heavy atom. The molecular formula is C16H23N3S. The first-order valence-electron chi connectivity index (χ1n) is 7.48. The lowest BCUT2D eigenvalue weighted by atomic mass is 10.1. The number of fused-ring (bicyclic) bond motifs is 2. The van der Waals surface area contributed by atoms with Crippen molar-refractivity contribution in [3.8, 4) is 11.8 Å². The summed E-state index contributed by atoms with van der Waals surface area (Å²) >= 11 is 1.81. The van der Waals surface area contributed by atoms with Gasteiger partial charge in [-0.3, -0.25) is 9.80 Å². The summed E-state index contributed by atoms with van der Waals surface area (Å²) in [5, 5.41) is 0. The van der Waals surface area contributed by atoms with Crippen LogP contribution in [0.3, 0.4) is 0 Å². The summed E-state index contributed by atoms with van der Waals surface area (Å²) < 4.78 is 0. The number of hydrogen-bond donors (Lipinski definition) is 1. The number of thiophene rings is 1. The van der Waals surface area contributed by atoms with Gasteiger partial charge >= 0.3 is 0 Å². The monoisotopic (exact) mass is 289 g/mol. The largest absolute Gasteiger partial charge is 0.320 e. The van der Waals surface area contributed by atoms with E-state index in [1.165, 1.54) is 37.2 Å². The molecule has 3 heterocycles. The van der Waals surface area contributed by atoms with E-state index < -0.39 is 0 Å². The highest BCUT2D eigenvalue weighted by Gasteiger charge is 2.34. The molecule has 0 spiro atoms. The van der Waals surface area contributed by atoms with Crippen LogP contribution in [-0.2, 0) is 6.54 Å². The second kappa shape index (κ2) is 6.28. The molecule has 0 aliphatic carbocycles. The molecule has 3 nitrogen and oxygen atoms in total. The van der Waals surface area contributed by atoms with Gasteiger partial charge < -0.3 is 5.73 Å². The molecule has 2 aliphatic heterocycles. The van der Waals surface area contributed by atoms with E-state index >= 15 is 0 Å². The Morgan fingerprint density at radius 3 is 3.00 bits per heavy atom. The van der Waals surface area contributed by atoms with Crippen LogP contribution in [0.2, 0.25) is 0 Å². The zero-order chi connectivity index (χ0) is 13.9. The summed E-state index contributed by atoms with van der Waals surface area (Å²) in [5.74, 6) is 6.05. The average Bonchev–Trinajstić information content (AvgIpc) is 2.96. The normalized spacial score (nSPS) is 27.1. The third-order valence-electron chi connectivity index (χ3n) is 4.59. The van der Waals surface area contributed by atoms with Crippen LogP contribution in [-0.4, -0.2) is 48.6 Å². The van der Waals surface area contributed by atoms with Crippen LogP contribution in [0.4, 0.5) is 0 Å². The summed E-state index contributed by atoms with van der Waals surface area (Å²) in [5.41, 5.74) is 5.42. The van der Waals surface area contributed by atoms with Gasteiger partial charge in [0.15, 0.2) is 0 Å². The van der Waals surface area contributed by atoms with E-state index in [-0.39, 0.29) is 0 Å². The Bertz CT molecular complexity index is 513. The Balaban J connectivity index is 1.62. The Kier molecular flexibility index (Phi) is 4.42. The van der Waals surface area contributed by atoms with Gasteiger partial charge in [-0.15, -0.1) is 11.3 Å². The zero-order valence-electron chi connectivity index (χ0n) is 12.1. The minimum Gasteiger partial charge on any atom is -0.320 e. The molecule has 2 unspecified atom stereocenters. The average molecular weight is 289 g/mol. The number of likely N-dealkylation sites (tertiary alicyclic amines) is 1. The van der Waals surface area contributed by atoms with E-state index in [1.54, 1.807) is 0 Å². The Labute approximate surface area is 125 Å². The van der Waals surface area contributed by atoms with E-state index in [0.717, 1.165) is 23.5 Å². The van der Waals surface area contributed by atoms with Crippen LogP contribution < -0.4 is 5.73 Å². The lowest BCUT2D eigenvalue weighted by Gasteiger charge is -2.25. The summed E-state index contributed by atoms with van der Waals surface area (Å²) in [4.78, 5) is 7.78. The number of nitrogens with zero attached hydrogens (tertiary/aromatic N) is 2. The van der Waals surface area contributed by atoms with Gasteiger partial charge in [0.1, 0.15) is 0 Å². The summed E-state index contributed by atoms with van der Waals surface area (Å²) in [6.45, 7) is 3.96. The van der Waals surface area contributed by atoms with Gasteiger partial charge in [0.25, 0.3) is 0 Å². The van der Waals surface area contributed by atoms with Crippen LogP contribution in [0.25, 0.3) is 0 Å². The summed E-state index contributed by atoms with van der Waals surface area (Å²) in [6.07, 6.45) is 4.08. The van der Waals surface area contributed by atoms with Crippen LogP contribution in [0.5, 0.6) is 0 Å². The fraction of sp³-hybridized carbons (Fsp3) is 0.625. The summed E-state index contributed by atoms with van der Waals surface area (Å²) in [6, 6.07) is 5.93. The maximum Gasteiger partial charge on any atom is 0.0772 e. The number of rotatable bonds is 2. The molecule has 0 radical (unpaired) electrons. The summed E-state index contributed by atoms with van der Waals surface area (Å²) in [7, 11) is 2.30. The van der Waals surface area contributed by atoms with Gasteiger partial charge in [-0.05, 0) is 38.4 Å². The van der Waals surface area contributed by atoms with Gasteiger partial charge in [0.05, 0.1) is 11.4 Å². The molecule has 1 aromatic heterocycles. The highest BCUT2D eigenvalue weighted by atomic mass is 32.1. The topological polar surface area (TPSA) is 32.5 Å².